The first-order valence-corrected chi connectivity index (χ1v) is 56.8. The molecule has 36 heteroatoms. The summed E-state index contributed by atoms with van der Waals surface area (Å²) < 4.78 is 159. The summed E-state index contributed by atoms with van der Waals surface area (Å²) in [7, 11) is -8.98. The van der Waals surface area contributed by atoms with Crippen LogP contribution in [0.5, 0.6) is 0 Å². The third-order valence-electron chi connectivity index (χ3n) is 33.2. The molecule has 148 heavy (non-hydrogen) atoms. The Morgan fingerprint density at radius 3 is 1.10 bits per heavy atom. The lowest BCUT2D eigenvalue weighted by Crippen LogP contribution is -2.51. The van der Waals surface area contributed by atoms with Crippen molar-refractivity contribution in [2.75, 3.05) is 59.8 Å². The van der Waals surface area contributed by atoms with Gasteiger partial charge in [-0.2, -0.15) is 0 Å². The number of carbonyl (C=O) groups excluding carboxylic acids is 5. The first-order chi connectivity index (χ1) is 71.4. The van der Waals surface area contributed by atoms with Crippen LogP contribution in [0.3, 0.4) is 0 Å². The molecule has 4 aliphatic heterocycles. The summed E-state index contributed by atoms with van der Waals surface area (Å²) in [4.78, 5) is 78.7. The van der Waals surface area contributed by atoms with E-state index in [0.29, 0.717) is 75.9 Å². The van der Waals surface area contributed by atoms with Crippen molar-refractivity contribution >= 4 is 84.7 Å². The molecule has 8 heterocycles. The van der Waals surface area contributed by atoms with E-state index in [1.807, 2.05) is 91.0 Å². The van der Waals surface area contributed by atoms with Gasteiger partial charge in [0.05, 0.1) is 67.7 Å². The number of aliphatic hydroxyl groups excluding tert-OH is 2. The van der Waals surface area contributed by atoms with Crippen LogP contribution < -0.4 is 36.0 Å². The quantitative estimate of drug-likeness (QED) is 0.0225. The van der Waals surface area contributed by atoms with Crippen LogP contribution in [-0.2, 0) is 53.8 Å². The van der Waals surface area contributed by atoms with Gasteiger partial charge in [0.25, 0.3) is 0 Å². The smallest absolute Gasteiger partial charge is 0.407 e. The van der Waals surface area contributed by atoms with E-state index in [0.717, 1.165) is 157 Å². The van der Waals surface area contributed by atoms with Crippen LogP contribution in [0.1, 0.15) is 153 Å². The predicted octanol–water partition coefficient (Wildman–Crippen LogP) is 17.0. The number of nitrogens with one attached hydrogen (secondary N) is 7. The fourth-order valence-electron chi connectivity index (χ4n) is 26.6. The number of halogens is 4. The topological polar surface area (TPSA) is 404 Å². The van der Waals surface area contributed by atoms with Crippen LogP contribution in [0.25, 0.3) is 68.8 Å². The van der Waals surface area contributed by atoms with Gasteiger partial charge in [-0.3, -0.25) is 24.7 Å². The monoisotopic (exact) mass is 2090 g/mol. The number of hydrogen-bond donors (Lipinski definition) is 9. The summed E-state index contributed by atoms with van der Waals surface area (Å²) >= 11 is 0. The largest absolute Gasteiger partial charge is 0.450 e. The zero-order chi connectivity index (χ0) is 104. The van der Waals surface area contributed by atoms with E-state index in [1.165, 1.54) is 52.8 Å². The molecule has 4 saturated heterocycles. The highest BCUT2D eigenvalue weighted by molar-refractivity contribution is 7.90. The van der Waals surface area contributed by atoms with Crippen molar-refractivity contribution in [2.24, 2.45) is 101 Å². The number of sulfonamides is 3. The van der Waals surface area contributed by atoms with Gasteiger partial charge in [-0.15, -0.1) is 0 Å². The maximum atomic E-state index is 13.6. The van der Waals surface area contributed by atoms with Crippen LogP contribution in [0.4, 0.5) is 36.7 Å². The van der Waals surface area contributed by atoms with Crippen molar-refractivity contribution in [3.05, 3.63) is 241 Å². The highest BCUT2D eigenvalue weighted by Crippen LogP contribution is 2.57. The van der Waals surface area contributed by atoms with Gasteiger partial charge in [-0.05, 0) is 333 Å². The maximum absolute atomic E-state index is 13.6. The molecule has 8 aliphatic carbocycles. The van der Waals surface area contributed by atoms with Gasteiger partial charge in [0, 0.05) is 121 Å². The SMILES string of the molecule is CCOC(=O)N[C@@H]1CC[C@@H]2[C@@H](C1)C[C@@H]1[C@@H](CNS1(=O)=O)[C@H]2/C=C/c1ccc(-c2cccc(F)c2)cn1.CCOC(=O)N[C@@H]1CC[C@@H]2[C@@H](C1)C[C@@H]1[C@H]([C@H]2/C=C/c2ccc(-c3cccc(F)c3)cn2)[C@@H](CO)S(=O)(=O)N1C.CCOC(=O)N[C@@H]1CC[C@@H]2[C@@H](C1)C[C@H]1C(=O)NC[C@H]1[C@H]2/C=C/c1ccc(-c2cccc(F)c2)cn1.CCOC(=O)N[C@@H]1CC[C@@H]2[C@@H](C1)C[C@H]1NS(=O)(=O)[C@H](CO)[C@H]1[C@H]2/C=C/c1ccc(-c2cccc(F)c2)cn1. The Balaban J connectivity index is 0.000000135. The molecule has 8 aromatic rings. The number of aromatic nitrogens is 4. The van der Waals surface area contributed by atoms with Gasteiger partial charge < -0.3 is 55.7 Å². The van der Waals surface area contributed by atoms with Gasteiger partial charge in [-0.25, -0.2) is 75.7 Å². The minimum absolute atomic E-state index is 0.000537. The number of rotatable bonds is 22. The molecule has 790 valence electrons. The van der Waals surface area contributed by atoms with Crippen LogP contribution >= 0.6 is 0 Å². The average Bonchev–Trinajstić information content (AvgIpc) is 1.57. The van der Waals surface area contributed by atoms with Crippen molar-refractivity contribution in [3.8, 4) is 44.5 Å². The molecule has 26 atom stereocenters. The first-order valence-electron chi connectivity index (χ1n) is 52.2. The van der Waals surface area contributed by atoms with E-state index in [9.17, 15) is 77.0 Å². The minimum atomic E-state index is -3.63. The molecule has 29 nitrogen and oxygen atoms in total. The Morgan fingerprint density at radius 1 is 0.399 bits per heavy atom. The second-order valence-electron chi connectivity index (χ2n) is 41.4. The Bertz CT molecular complexity index is 6480. The lowest BCUT2D eigenvalue weighted by atomic mass is 9.58. The molecular formula is C112H134F4N12O17S3. The fraction of sp³-hybridized carbons (Fsp3) is 0.491. The van der Waals surface area contributed by atoms with Gasteiger partial charge in [0.2, 0.25) is 36.0 Å². The standard InChI is InChI=1S/C29H36FN3O5S.C28H34FN3O5S.C28H32FN3O3.C27H32FN3O4S/c1-3-38-29(35)32-23-10-11-24-20(14-23)15-26-28(27(17-34)39(36,37)33(26)2)25(24)12-9-22-8-7-19(16-31-22)18-5-4-6-21(30)13-18;1-2-37-28(34)31-22-9-10-23-19(13-22)14-25-27(26(16-33)38(35,36)32-25)24(23)11-8-21-7-6-18(15-30-21)17-4-3-5-20(29)12-17;1-2-35-28(34)32-22-9-10-23-19(13-22)14-25-26(16-31-27(25)33)24(23)11-8-21-7-6-18(15-30-21)17-4-3-5-20(29)12-17;1-2-35-27(32)31-22-9-10-23-19(13-22)14-26-25(16-30-36(26,33)34)24(23)11-8-21-7-6-18(15-29-21)17-4-3-5-20(28)12-17/h4-9,12-13,16,20,23-28,34H,3,10-11,14-15,17H2,1-2H3,(H,32,35);3-8,11-12,15,19,22-27,32-33H,2,9-10,13-14,16H2,1H3,(H,31,34);3-8,11-12,15,19,22-26H,2,9-10,13-14,16H2,1H3,(H,31,33)(H,32,34);3-8,11-12,15,19,22-26,30H,2,9-10,13-14,16H2,1H3,(H,31,32)/b12-9+;3*11-8+/t20-,23+,24+,25-,26+,27+,28-;19-,22+,23+,24-,25+,26+,27-;19-,22+,23+,24-,25+,26-;19-,22+,23+,24-,25-,26+/m0000/s1. The van der Waals surface area contributed by atoms with Crippen LogP contribution in [0, 0.1) is 124 Å². The molecule has 20 rings (SSSR count). The van der Waals surface area contributed by atoms with E-state index in [4.69, 9.17) is 18.9 Å². The van der Waals surface area contributed by atoms with E-state index in [1.54, 1.807) is 83.8 Å². The molecule has 0 bridgehead atoms. The number of amides is 5. The number of allylic oxidation sites excluding steroid dienone is 4. The summed E-state index contributed by atoms with van der Waals surface area (Å²) in [5.74, 6) is 1.41. The maximum Gasteiger partial charge on any atom is 0.407 e. The third-order valence-corrected chi connectivity index (χ3v) is 39.3. The van der Waals surface area contributed by atoms with Crippen molar-refractivity contribution < 1.29 is 95.9 Å². The second-order valence-corrected chi connectivity index (χ2v) is 47.5. The van der Waals surface area contributed by atoms with Gasteiger partial charge in [0.15, 0.2) is 0 Å². The number of hydrogen-bond acceptors (Lipinski definition) is 21. The van der Waals surface area contributed by atoms with Gasteiger partial charge in [0.1, 0.15) is 33.8 Å². The van der Waals surface area contributed by atoms with Crippen molar-refractivity contribution in [2.45, 2.75) is 182 Å². The van der Waals surface area contributed by atoms with Crippen molar-refractivity contribution in [1.82, 2.24) is 60.3 Å². The normalized spacial score (nSPS) is 31.2. The minimum Gasteiger partial charge on any atom is -0.450 e. The van der Waals surface area contributed by atoms with Crippen molar-refractivity contribution in [3.63, 3.8) is 0 Å². The number of pyridine rings is 4. The molecule has 4 aromatic heterocycles. The highest BCUT2D eigenvalue weighted by atomic mass is 32.2. The van der Waals surface area contributed by atoms with Crippen molar-refractivity contribution in [1.29, 1.82) is 0 Å². The lowest BCUT2D eigenvalue weighted by Gasteiger charge is -2.49. The fourth-order valence-corrected chi connectivity index (χ4v) is 32.3. The Morgan fingerprint density at radius 2 is 0.743 bits per heavy atom. The Hall–Kier alpha value is -11.6. The van der Waals surface area contributed by atoms with Gasteiger partial charge in [-0.1, -0.05) is 97.1 Å². The number of benzene rings is 4. The Kier molecular flexibility index (Phi) is 35.0. The molecular weight excluding hydrogens is 1960 g/mol. The summed E-state index contributed by atoms with van der Waals surface area (Å²) in [6, 6.07) is 40.5. The number of nitrogens with zero attached hydrogens (tertiary/aromatic N) is 5. The number of aliphatic hydroxyl groups is 2. The zero-order valence-electron chi connectivity index (χ0n) is 83.8. The number of alkyl carbamates (subject to hydrolysis) is 4. The summed E-state index contributed by atoms with van der Waals surface area (Å²) in [6.45, 7) is 8.76. The molecule has 0 unspecified atom stereocenters. The van der Waals surface area contributed by atoms with Gasteiger partial charge >= 0.3 is 24.4 Å². The summed E-state index contributed by atoms with van der Waals surface area (Å²) in [5.41, 5.74) is 9.44. The molecule has 12 fully saturated rings. The molecule has 4 aromatic carbocycles. The first kappa shape index (κ1) is 108. The number of ether oxygens (including phenoxy) is 4. The molecule has 0 spiro atoms. The molecule has 5 amide bonds. The van der Waals surface area contributed by atoms with E-state index < -0.39 is 77.3 Å². The summed E-state index contributed by atoms with van der Waals surface area (Å²) in [6.07, 6.45) is 34.7. The number of carbonyl (C=O) groups is 5. The zero-order valence-corrected chi connectivity index (χ0v) is 86.2. The number of fused-ring (bicyclic) bond motifs is 8. The predicted molar refractivity (Wildman–Crippen MR) is 555 cm³/mol. The van der Waals surface area contributed by atoms with Crippen LogP contribution in [-0.4, -0.2) is 202 Å². The summed E-state index contributed by atoms with van der Waals surface area (Å²) in [5, 5.41) is 33.1. The third kappa shape index (κ3) is 25.1. The van der Waals surface area contributed by atoms with Crippen LogP contribution in [0.15, 0.2) is 195 Å². The lowest BCUT2D eigenvalue weighted by molar-refractivity contribution is -0.125. The van der Waals surface area contributed by atoms with E-state index in [-0.39, 0.29) is 148 Å². The van der Waals surface area contributed by atoms with Crippen LogP contribution in [0.2, 0.25) is 0 Å². The average molecular weight is 2090 g/mol. The Labute approximate surface area is 863 Å². The van der Waals surface area contributed by atoms with E-state index >= 15 is 0 Å². The molecule has 12 aliphatic rings. The molecule has 0 radical (unpaired) electrons. The van der Waals surface area contributed by atoms with E-state index in [2.05, 4.69) is 86.3 Å². The molecule has 9 N–H and O–H groups in total. The molecule has 8 saturated carbocycles. The highest BCUT2D eigenvalue weighted by Gasteiger charge is 2.61. The second kappa shape index (κ2) is 48.1.